The Kier molecular flexibility index (Phi) is 5.04. The molecule has 0 spiro atoms. The molecule has 6 heteroatoms. The third kappa shape index (κ3) is 3.91. The third-order valence-corrected chi connectivity index (χ3v) is 8.35. The van der Waals surface area contributed by atoms with E-state index in [1.54, 1.807) is 4.31 Å². The molecular formula is C21H29N3O2S. The average molecular weight is 388 g/mol. The fourth-order valence-electron chi connectivity index (χ4n) is 5.25. The van der Waals surface area contributed by atoms with Gasteiger partial charge in [0.15, 0.2) is 0 Å². The molecule has 1 N–H and O–H groups in total. The summed E-state index contributed by atoms with van der Waals surface area (Å²) in [7, 11) is -3.03. The molecule has 3 fully saturated rings. The lowest BCUT2D eigenvalue weighted by molar-refractivity contribution is 0.248. The van der Waals surface area contributed by atoms with Crippen molar-refractivity contribution in [2.75, 3.05) is 25.9 Å². The Bertz CT molecular complexity index is 839. The first-order valence-electron chi connectivity index (χ1n) is 10.1. The van der Waals surface area contributed by atoms with Gasteiger partial charge in [-0.05, 0) is 80.0 Å². The van der Waals surface area contributed by atoms with Gasteiger partial charge in [-0.1, -0.05) is 12.1 Å². The Balaban J connectivity index is 1.26. The molecule has 1 aliphatic heterocycles. The summed E-state index contributed by atoms with van der Waals surface area (Å²) in [6.07, 6.45) is 8.10. The molecule has 0 amide bonds. The Morgan fingerprint density at radius 2 is 2.07 bits per heavy atom. The predicted molar refractivity (Wildman–Crippen MR) is 106 cm³/mol. The molecule has 2 aliphatic carbocycles. The summed E-state index contributed by atoms with van der Waals surface area (Å²) in [6, 6.07) is 11.0. The first-order valence-corrected chi connectivity index (χ1v) is 11.9. The Hall–Kier alpha value is -1.42. The minimum Gasteiger partial charge on any atom is -0.314 e. The van der Waals surface area contributed by atoms with E-state index in [1.165, 1.54) is 37.5 Å². The minimum absolute atomic E-state index is 0.325. The molecule has 2 saturated carbocycles. The molecule has 1 heterocycles. The number of nitriles is 1. The highest BCUT2D eigenvalue weighted by Gasteiger charge is 2.57. The van der Waals surface area contributed by atoms with Crippen LogP contribution in [0.4, 0.5) is 0 Å². The molecule has 1 aromatic rings. The number of piperidine rings is 1. The lowest BCUT2D eigenvalue weighted by atomic mass is 9.80. The van der Waals surface area contributed by atoms with Gasteiger partial charge in [0.25, 0.3) is 0 Å². The van der Waals surface area contributed by atoms with Crippen molar-refractivity contribution in [3.8, 4) is 6.07 Å². The maximum absolute atomic E-state index is 11.6. The second-order valence-corrected chi connectivity index (χ2v) is 10.7. The van der Waals surface area contributed by atoms with E-state index >= 15 is 0 Å². The second-order valence-electron chi connectivity index (χ2n) is 8.73. The minimum atomic E-state index is -3.03. The zero-order valence-corrected chi connectivity index (χ0v) is 16.8. The average Bonchev–Trinajstić information content (AvgIpc) is 3.41. The van der Waals surface area contributed by atoms with Crippen LogP contribution in [0.2, 0.25) is 0 Å². The van der Waals surface area contributed by atoms with E-state index in [4.69, 9.17) is 5.26 Å². The molecule has 27 heavy (non-hydrogen) atoms. The Labute approximate surface area is 162 Å². The van der Waals surface area contributed by atoms with Crippen LogP contribution in [0.15, 0.2) is 24.3 Å². The van der Waals surface area contributed by atoms with Crippen molar-refractivity contribution < 1.29 is 8.42 Å². The highest BCUT2D eigenvalue weighted by molar-refractivity contribution is 7.88. The van der Waals surface area contributed by atoms with Gasteiger partial charge in [0.1, 0.15) is 0 Å². The number of sulfonamides is 1. The molecule has 3 atom stereocenters. The van der Waals surface area contributed by atoms with Gasteiger partial charge in [-0.15, -0.1) is 0 Å². The van der Waals surface area contributed by atoms with Gasteiger partial charge in [-0.2, -0.15) is 5.26 Å². The van der Waals surface area contributed by atoms with E-state index < -0.39 is 10.0 Å². The Morgan fingerprint density at radius 3 is 2.74 bits per heavy atom. The van der Waals surface area contributed by atoms with Crippen LogP contribution in [0.3, 0.4) is 0 Å². The maximum atomic E-state index is 11.6. The van der Waals surface area contributed by atoms with Crippen LogP contribution >= 0.6 is 0 Å². The topological polar surface area (TPSA) is 73.2 Å². The van der Waals surface area contributed by atoms with Crippen molar-refractivity contribution in [2.45, 2.75) is 50.0 Å². The largest absolute Gasteiger partial charge is 0.314 e. The smallest absolute Gasteiger partial charge is 0.211 e. The summed E-state index contributed by atoms with van der Waals surface area (Å²) in [5.41, 5.74) is 2.46. The SMILES string of the molecule is CS(=O)(=O)N1CCC(CNC2CC[C@]3(c4cccc(C#N)c4)CC3C2)CC1. The van der Waals surface area contributed by atoms with Crippen LogP contribution in [0, 0.1) is 23.2 Å². The normalized spacial score (nSPS) is 31.9. The number of hydrogen-bond donors (Lipinski definition) is 1. The summed E-state index contributed by atoms with van der Waals surface area (Å²) in [5.74, 6) is 1.32. The first-order chi connectivity index (χ1) is 12.9. The van der Waals surface area contributed by atoms with Crippen LogP contribution in [-0.2, 0) is 15.4 Å². The van der Waals surface area contributed by atoms with Gasteiger partial charge < -0.3 is 5.32 Å². The summed E-state index contributed by atoms with van der Waals surface area (Å²) in [5, 5.41) is 12.9. The molecule has 0 bridgehead atoms. The first kappa shape index (κ1) is 18.9. The van der Waals surface area contributed by atoms with Gasteiger partial charge in [0.2, 0.25) is 10.0 Å². The van der Waals surface area contributed by atoms with Crippen LogP contribution in [0.5, 0.6) is 0 Å². The van der Waals surface area contributed by atoms with Crippen LogP contribution < -0.4 is 5.32 Å². The van der Waals surface area contributed by atoms with Crippen molar-refractivity contribution in [3.05, 3.63) is 35.4 Å². The molecule has 0 radical (unpaired) electrons. The van der Waals surface area contributed by atoms with Crippen molar-refractivity contribution in [1.82, 2.24) is 9.62 Å². The van der Waals surface area contributed by atoms with E-state index in [-0.39, 0.29) is 0 Å². The number of benzene rings is 1. The maximum Gasteiger partial charge on any atom is 0.211 e. The van der Waals surface area contributed by atoms with Gasteiger partial charge in [-0.25, -0.2) is 12.7 Å². The Morgan fingerprint density at radius 1 is 1.30 bits per heavy atom. The predicted octanol–water partition coefficient (Wildman–Crippen LogP) is 2.63. The standard InChI is InChI=1S/C21H29N3O2S/c1-27(25,26)24-9-6-16(7-10-24)15-23-20-5-8-21(13-19(21)12-20)18-4-2-3-17(11-18)14-22/h2-4,11,16,19-20,23H,5-10,12-13,15H2,1H3/t19?,20?,21-/m1/s1. The van der Waals surface area contributed by atoms with Gasteiger partial charge in [0.05, 0.1) is 17.9 Å². The highest BCUT2D eigenvalue weighted by Crippen LogP contribution is 2.62. The summed E-state index contributed by atoms with van der Waals surface area (Å²) in [6.45, 7) is 2.33. The van der Waals surface area contributed by atoms with E-state index in [2.05, 4.69) is 23.5 Å². The molecule has 1 saturated heterocycles. The number of fused-ring (bicyclic) bond motifs is 1. The zero-order valence-electron chi connectivity index (χ0n) is 16.0. The molecular weight excluding hydrogens is 358 g/mol. The van der Waals surface area contributed by atoms with Crippen LogP contribution in [-0.4, -0.2) is 44.7 Å². The molecule has 5 nitrogen and oxygen atoms in total. The summed E-state index contributed by atoms with van der Waals surface area (Å²) < 4.78 is 24.8. The van der Waals surface area contributed by atoms with Crippen molar-refractivity contribution >= 4 is 10.0 Å². The lowest BCUT2D eigenvalue weighted by Crippen LogP contribution is -2.43. The fourth-order valence-corrected chi connectivity index (χ4v) is 6.12. The molecule has 146 valence electrons. The summed E-state index contributed by atoms with van der Waals surface area (Å²) in [4.78, 5) is 0. The van der Waals surface area contributed by atoms with E-state index in [9.17, 15) is 8.42 Å². The molecule has 1 aromatic carbocycles. The molecule has 0 aromatic heterocycles. The quantitative estimate of drug-likeness (QED) is 0.843. The summed E-state index contributed by atoms with van der Waals surface area (Å²) >= 11 is 0. The lowest BCUT2D eigenvalue weighted by Gasteiger charge is -2.33. The van der Waals surface area contributed by atoms with Crippen molar-refractivity contribution in [3.63, 3.8) is 0 Å². The van der Waals surface area contributed by atoms with Gasteiger partial charge in [0, 0.05) is 19.1 Å². The molecule has 4 rings (SSSR count). The van der Waals surface area contributed by atoms with Gasteiger partial charge >= 0.3 is 0 Å². The number of hydrogen-bond acceptors (Lipinski definition) is 4. The third-order valence-electron chi connectivity index (χ3n) is 7.04. The zero-order chi connectivity index (χ0) is 19.1. The van der Waals surface area contributed by atoms with E-state index in [0.29, 0.717) is 30.5 Å². The number of nitrogens with one attached hydrogen (secondary N) is 1. The highest BCUT2D eigenvalue weighted by atomic mass is 32.2. The molecule has 2 unspecified atom stereocenters. The molecule has 3 aliphatic rings. The van der Waals surface area contributed by atoms with Crippen molar-refractivity contribution in [2.24, 2.45) is 11.8 Å². The monoisotopic (exact) mass is 387 g/mol. The van der Waals surface area contributed by atoms with E-state index in [0.717, 1.165) is 30.9 Å². The van der Waals surface area contributed by atoms with E-state index in [1.807, 2.05) is 12.1 Å². The van der Waals surface area contributed by atoms with Crippen LogP contribution in [0.1, 0.15) is 49.7 Å². The number of nitrogens with zero attached hydrogens (tertiary/aromatic N) is 2. The van der Waals surface area contributed by atoms with Crippen LogP contribution in [0.25, 0.3) is 0 Å². The second kappa shape index (κ2) is 7.20. The fraction of sp³-hybridized carbons (Fsp3) is 0.667. The van der Waals surface area contributed by atoms with Gasteiger partial charge in [-0.3, -0.25) is 0 Å². The number of rotatable bonds is 5. The van der Waals surface area contributed by atoms with Crippen molar-refractivity contribution in [1.29, 1.82) is 5.26 Å².